The molecule has 0 bridgehead atoms. The van der Waals surface area contributed by atoms with Gasteiger partial charge in [0.1, 0.15) is 11.8 Å². The van der Waals surface area contributed by atoms with Crippen molar-refractivity contribution in [2.24, 2.45) is 5.73 Å². The van der Waals surface area contributed by atoms with Crippen molar-refractivity contribution < 1.29 is 15.0 Å². The van der Waals surface area contributed by atoms with Crippen LogP contribution in [0.4, 0.5) is 0 Å². The van der Waals surface area contributed by atoms with Gasteiger partial charge in [-0.2, -0.15) is 0 Å². The highest BCUT2D eigenvalue weighted by atomic mass is 125. The van der Waals surface area contributed by atoms with Gasteiger partial charge in [0.25, 0.3) is 0 Å². The minimum absolute atomic E-state index is 0.123. The van der Waals surface area contributed by atoms with Crippen molar-refractivity contribution in [3.8, 4) is 5.75 Å². The second-order valence-electron chi connectivity index (χ2n) is 2.92. The molecule has 0 aliphatic heterocycles. The van der Waals surface area contributed by atoms with Crippen LogP contribution in [0.3, 0.4) is 0 Å². The van der Waals surface area contributed by atoms with E-state index in [1.165, 1.54) is 6.07 Å². The first-order valence-electron chi connectivity index (χ1n) is 3.96. The van der Waals surface area contributed by atoms with Crippen molar-refractivity contribution in [3.63, 3.8) is 0 Å². The maximum atomic E-state index is 10.5. The normalized spacial score (nSPS) is 12.4. The smallest absolute Gasteiger partial charge is 0.320 e. The molecular weight excluding hydrogens is 295 g/mol. The molecule has 1 aromatic rings. The molecule has 4 N–H and O–H groups in total. The number of phenolic OH excluding ortho intramolecular Hbond substituents is 1. The van der Waals surface area contributed by atoms with E-state index in [0.717, 1.165) is 9.13 Å². The lowest BCUT2D eigenvalue weighted by molar-refractivity contribution is -0.138. The summed E-state index contributed by atoms with van der Waals surface area (Å²) >= 11 is 2.07. The minimum atomic E-state index is -1.04. The number of hydrogen-bond acceptors (Lipinski definition) is 3. The van der Waals surface area contributed by atoms with Crippen LogP contribution in [0.5, 0.6) is 5.75 Å². The average molecular weight is 305 g/mol. The molecule has 0 saturated heterocycles. The highest BCUT2D eigenvalue weighted by Gasteiger charge is 2.14. The van der Waals surface area contributed by atoms with Gasteiger partial charge >= 0.3 is 5.97 Å². The largest absolute Gasteiger partial charge is 0.508 e. The van der Waals surface area contributed by atoms with Gasteiger partial charge in [-0.05, 0) is 52.8 Å². The third-order valence-electron chi connectivity index (χ3n) is 1.79. The Kier molecular flexibility index (Phi) is 3.70. The van der Waals surface area contributed by atoms with Gasteiger partial charge in [-0.1, -0.05) is 0 Å². The number of aliphatic carboxylic acids is 1. The molecule has 5 heteroatoms. The average Bonchev–Trinajstić information content (AvgIpc) is 2.11. The molecule has 0 saturated carbocycles. The lowest BCUT2D eigenvalue weighted by Gasteiger charge is -2.08. The van der Waals surface area contributed by atoms with Crippen LogP contribution in [0, 0.1) is 3.57 Å². The van der Waals surface area contributed by atoms with Gasteiger partial charge in [0.05, 0.1) is 0 Å². The van der Waals surface area contributed by atoms with E-state index in [1.807, 2.05) is 0 Å². The van der Waals surface area contributed by atoms with Gasteiger partial charge in [-0.25, -0.2) is 0 Å². The van der Waals surface area contributed by atoms with Crippen LogP contribution in [0.15, 0.2) is 18.2 Å². The lowest BCUT2D eigenvalue weighted by atomic mass is 10.1. The molecular formula is C9H10INO3. The molecule has 0 fully saturated rings. The molecule has 0 amide bonds. The fourth-order valence-electron chi connectivity index (χ4n) is 1.04. The molecule has 1 atom stereocenters. The third kappa shape index (κ3) is 2.85. The Bertz CT molecular complexity index is 354. The molecule has 0 aliphatic carbocycles. The molecule has 0 heterocycles. The molecule has 0 unspecified atom stereocenters. The molecule has 0 aliphatic rings. The number of nitrogens with two attached hydrogens (primary N) is 1. The zero-order valence-corrected chi connectivity index (χ0v) is 9.43. The number of hydrogen-bond donors (Lipinski definition) is 3. The molecule has 0 aromatic heterocycles. The van der Waals surface area contributed by atoms with Gasteiger partial charge in [0.2, 0.25) is 0 Å². The molecule has 4 nitrogen and oxygen atoms in total. The zero-order chi connectivity index (χ0) is 10.7. The van der Waals surface area contributed by atoms with Crippen molar-refractivity contribution in [3.05, 3.63) is 27.3 Å². The lowest BCUT2D eigenvalue weighted by Crippen LogP contribution is -2.32. The maximum absolute atomic E-state index is 10.5. The number of carbonyl (C=O) groups is 1. The Balaban J connectivity index is 2.85. The minimum Gasteiger partial charge on any atom is -0.508 e. The molecule has 1 rings (SSSR count). The van der Waals surface area contributed by atoms with Gasteiger partial charge in [0.15, 0.2) is 0 Å². The van der Waals surface area contributed by atoms with E-state index >= 15 is 0 Å². The number of rotatable bonds is 3. The number of phenols is 1. The maximum Gasteiger partial charge on any atom is 0.320 e. The number of carboxylic acid groups (broad SMARTS) is 1. The first kappa shape index (κ1) is 11.3. The van der Waals surface area contributed by atoms with Crippen LogP contribution < -0.4 is 5.73 Å². The summed E-state index contributed by atoms with van der Waals surface area (Å²) < 4.78 is 0.900. The van der Waals surface area contributed by atoms with E-state index in [4.69, 9.17) is 10.8 Å². The van der Waals surface area contributed by atoms with Gasteiger partial charge in [-0.3, -0.25) is 4.79 Å². The Morgan fingerprint density at radius 3 is 2.79 bits per heavy atom. The first-order chi connectivity index (χ1) is 6.50. The molecule has 76 valence electrons. The summed E-state index contributed by atoms with van der Waals surface area (Å²) in [5.41, 5.74) is 6.13. The Morgan fingerprint density at radius 1 is 1.57 bits per heavy atom. The van der Waals surface area contributed by atoms with Crippen LogP contribution >= 0.6 is 22.6 Å². The van der Waals surface area contributed by atoms with E-state index in [2.05, 4.69) is 22.6 Å². The standard InChI is InChI=1S/C9H10INO3/c10-7-2-1-6(12)3-5(7)4-8(11)9(13)14/h1-3,8,12H,4,11H2,(H,13,14)/t8-/m0/s1/i10-2. The van der Waals surface area contributed by atoms with Crippen molar-refractivity contribution >= 4 is 28.6 Å². The monoisotopic (exact) mass is 305 g/mol. The summed E-state index contributed by atoms with van der Waals surface area (Å²) in [6.07, 6.45) is 0.224. The topological polar surface area (TPSA) is 83.5 Å². The van der Waals surface area contributed by atoms with E-state index in [0.29, 0.717) is 0 Å². The summed E-state index contributed by atoms with van der Waals surface area (Å²) in [7, 11) is 0. The Labute approximate surface area is 94.9 Å². The fraction of sp³-hybridized carbons (Fsp3) is 0.222. The van der Waals surface area contributed by atoms with Crippen LogP contribution in [0.25, 0.3) is 0 Å². The van der Waals surface area contributed by atoms with Gasteiger partial charge in [-0.15, -0.1) is 0 Å². The second-order valence-corrected chi connectivity index (χ2v) is 4.09. The van der Waals surface area contributed by atoms with Crippen LogP contribution in [-0.2, 0) is 11.2 Å². The highest BCUT2D eigenvalue weighted by molar-refractivity contribution is 14.1. The van der Waals surface area contributed by atoms with Crippen molar-refractivity contribution in [2.45, 2.75) is 12.5 Å². The molecule has 14 heavy (non-hydrogen) atoms. The van der Waals surface area contributed by atoms with Gasteiger partial charge in [0, 0.05) is 3.57 Å². The van der Waals surface area contributed by atoms with Crippen LogP contribution in [0.2, 0.25) is 0 Å². The summed E-state index contributed by atoms with van der Waals surface area (Å²) in [6.45, 7) is 0. The molecule has 1 aromatic carbocycles. The number of aromatic hydroxyl groups is 1. The molecule has 0 spiro atoms. The fourth-order valence-corrected chi connectivity index (χ4v) is 1.60. The van der Waals surface area contributed by atoms with E-state index in [1.54, 1.807) is 12.1 Å². The SMILES string of the molecule is N[C@@H](Cc1cc(O)ccc1[125I])C(=O)O. The molecule has 0 radical (unpaired) electrons. The predicted molar refractivity (Wildman–Crippen MR) is 60.1 cm³/mol. The summed E-state index contributed by atoms with van der Waals surface area (Å²) in [5, 5.41) is 17.8. The summed E-state index contributed by atoms with van der Waals surface area (Å²) in [4.78, 5) is 10.5. The first-order valence-corrected chi connectivity index (χ1v) is 5.04. The number of halogens is 1. The Morgan fingerprint density at radius 2 is 2.21 bits per heavy atom. The van der Waals surface area contributed by atoms with Crippen LogP contribution in [-0.4, -0.2) is 22.2 Å². The van der Waals surface area contributed by atoms with Gasteiger partial charge < -0.3 is 15.9 Å². The number of carboxylic acids is 1. The highest BCUT2D eigenvalue weighted by Crippen LogP contribution is 2.19. The second kappa shape index (κ2) is 4.61. The van der Waals surface area contributed by atoms with Crippen molar-refractivity contribution in [2.75, 3.05) is 0 Å². The number of benzene rings is 1. The summed E-state index contributed by atoms with van der Waals surface area (Å²) in [5.74, 6) is -0.915. The van der Waals surface area contributed by atoms with E-state index < -0.39 is 12.0 Å². The van der Waals surface area contributed by atoms with E-state index in [9.17, 15) is 9.90 Å². The summed E-state index contributed by atoms with van der Waals surface area (Å²) in [6, 6.07) is 3.88. The van der Waals surface area contributed by atoms with E-state index in [-0.39, 0.29) is 12.2 Å². The van der Waals surface area contributed by atoms with Crippen molar-refractivity contribution in [1.82, 2.24) is 0 Å². The Hall–Kier alpha value is -0.820. The van der Waals surface area contributed by atoms with Crippen molar-refractivity contribution in [1.29, 1.82) is 0 Å². The predicted octanol–water partition coefficient (Wildman–Crippen LogP) is 0.951. The third-order valence-corrected chi connectivity index (χ3v) is 2.84. The zero-order valence-electron chi connectivity index (χ0n) is 7.27. The quantitative estimate of drug-likeness (QED) is 0.726. The van der Waals surface area contributed by atoms with Crippen LogP contribution in [0.1, 0.15) is 5.56 Å².